The topological polar surface area (TPSA) is 88.3 Å². The summed E-state index contributed by atoms with van der Waals surface area (Å²) in [5, 5.41) is 4.09. The van der Waals surface area contributed by atoms with Crippen LogP contribution in [-0.2, 0) is 11.2 Å². The van der Waals surface area contributed by atoms with Crippen LogP contribution < -0.4 is 11.1 Å². The van der Waals surface area contributed by atoms with Crippen LogP contribution in [0.5, 0.6) is 0 Å². The average molecular weight is 324 g/mol. The van der Waals surface area contributed by atoms with E-state index in [0.29, 0.717) is 19.6 Å². The van der Waals surface area contributed by atoms with E-state index in [9.17, 15) is 9.59 Å². The highest BCUT2D eigenvalue weighted by Crippen LogP contribution is 2.18. The molecule has 2 rings (SSSR count). The van der Waals surface area contributed by atoms with Crippen molar-refractivity contribution in [3.8, 4) is 0 Å². The first kappa shape index (κ1) is 16.7. The number of carbonyl (C=O) groups excluding carboxylic acids is 2. The molecule has 3 amide bonds. The van der Waals surface area contributed by atoms with E-state index in [4.69, 9.17) is 5.73 Å². The van der Waals surface area contributed by atoms with Crippen molar-refractivity contribution in [2.24, 2.45) is 11.7 Å². The van der Waals surface area contributed by atoms with Crippen LogP contribution in [-0.4, -0.2) is 41.5 Å². The molecule has 7 heteroatoms. The van der Waals surface area contributed by atoms with E-state index >= 15 is 0 Å². The summed E-state index contributed by atoms with van der Waals surface area (Å²) in [7, 11) is 0. The summed E-state index contributed by atoms with van der Waals surface area (Å²) in [6, 6.07) is -0.438. The Labute approximate surface area is 135 Å². The quantitative estimate of drug-likeness (QED) is 0.806. The number of urea groups is 1. The zero-order valence-electron chi connectivity index (χ0n) is 13.2. The van der Waals surface area contributed by atoms with Gasteiger partial charge >= 0.3 is 6.03 Å². The van der Waals surface area contributed by atoms with Crippen LogP contribution in [0.4, 0.5) is 4.79 Å². The molecule has 0 aromatic carbocycles. The molecule has 122 valence electrons. The number of amides is 3. The van der Waals surface area contributed by atoms with Crippen LogP contribution in [0.3, 0.4) is 0 Å². The molecule has 1 aromatic heterocycles. The number of piperidine rings is 1. The van der Waals surface area contributed by atoms with Gasteiger partial charge in [-0.3, -0.25) is 4.79 Å². The summed E-state index contributed by atoms with van der Waals surface area (Å²) in [5.41, 5.74) is 6.37. The van der Waals surface area contributed by atoms with E-state index in [1.54, 1.807) is 16.2 Å². The van der Waals surface area contributed by atoms with Crippen LogP contribution in [0, 0.1) is 19.8 Å². The van der Waals surface area contributed by atoms with Crippen molar-refractivity contribution in [3.05, 3.63) is 15.6 Å². The Balaban J connectivity index is 1.70. The highest BCUT2D eigenvalue weighted by atomic mass is 32.1. The number of rotatable bonds is 5. The lowest BCUT2D eigenvalue weighted by molar-refractivity contribution is -0.126. The number of likely N-dealkylation sites (tertiary alicyclic amines) is 1. The number of carbonyl (C=O) groups is 2. The van der Waals surface area contributed by atoms with E-state index < -0.39 is 6.03 Å². The van der Waals surface area contributed by atoms with E-state index in [-0.39, 0.29) is 11.8 Å². The van der Waals surface area contributed by atoms with Crippen molar-refractivity contribution < 1.29 is 9.59 Å². The monoisotopic (exact) mass is 324 g/mol. The minimum atomic E-state index is -0.438. The number of nitrogens with two attached hydrogens (primary N) is 1. The van der Waals surface area contributed by atoms with Crippen molar-refractivity contribution in [1.29, 1.82) is 0 Å². The fourth-order valence-electron chi connectivity index (χ4n) is 2.63. The minimum Gasteiger partial charge on any atom is -0.356 e. The zero-order valence-corrected chi connectivity index (χ0v) is 14.0. The molecule has 1 atom stereocenters. The molecule has 1 aliphatic heterocycles. The first-order chi connectivity index (χ1) is 10.5. The zero-order chi connectivity index (χ0) is 16.1. The Morgan fingerprint density at radius 1 is 1.45 bits per heavy atom. The molecule has 0 unspecified atom stereocenters. The smallest absolute Gasteiger partial charge is 0.314 e. The highest BCUT2D eigenvalue weighted by molar-refractivity contribution is 7.11. The number of primary amides is 1. The Morgan fingerprint density at radius 3 is 2.86 bits per heavy atom. The number of aryl methyl sites for hydroxylation is 3. The maximum absolute atomic E-state index is 12.1. The van der Waals surface area contributed by atoms with Crippen LogP contribution in [0.2, 0.25) is 0 Å². The number of nitrogens with zero attached hydrogens (tertiary/aromatic N) is 2. The third-order valence-corrected chi connectivity index (χ3v) is 5.18. The van der Waals surface area contributed by atoms with Crippen LogP contribution >= 0.6 is 11.3 Å². The second-order valence-corrected chi connectivity index (χ2v) is 7.05. The Morgan fingerprint density at radius 2 is 2.23 bits per heavy atom. The third-order valence-electron chi connectivity index (χ3n) is 4.04. The third kappa shape index (κ3) is 4.43. The van der Waals surface area contributed by atoms with Crippen LogP contribution in [0.15, 0.2) is 0 Å². The van der Waals surface area contributed by atoms with E-state index in [1.807, 2.05) is 6.92 Å². The molecular formula is C15H24N4O2S. The summed E-state index contributed by atoms with van der Waals surface area (Å²) < 4.78 is 0. The molecule has 1 aliphatic rings. The van der Waals surface area contributed by atoms with Gasteiger partial charge in [-0.25, -0.2) is 9.78 Å². The average Bonchev–Trinajstić information content (AvgIpc) is 2.82. The molecule has 0 radical (unpaired) electrons. The van der Waals surface area contributed by atoms with Gasteiger partial charge in [-0.2, -0.15) is 0 Å². The Bertz CT molecular complexity index is 524. The molecule has 1 saturated heterocycles. The standard InChI is InChI=1S/C15H24N4O2S/c1-10-11(2)22-13(18-10)6-3-7-17-14(20)12-5-4-8-19(9-12)15(16)21/h12H,3-9H2,1-2H3,(H2,16,21)(H,17,20)/t12-/m1/s1. The summed E-state index contributed by atoms with van der Waals surface area (Å²) in [4.78, 5) is 30.6. The molecular weight excluding hydrogens is 300 g/mol. The van der Waals surface area contributed by atoms with Crippen molar-refractivity contribution >= 4 is 23.3 Å². The molecule has 22 heavy (non-hydrogen) atoms. The second-order valence-electron chi connectivity index (χ2n) is 5.77. The fourth-order valence-corrected chi connectivity index (χ4v) is 3.61. The van der Waals surface area contributed by atoms with Gasteiger partial charge in [0.05, 0.1) is 16.6 Å². The lowest BCUT2D eigenvalue weighted by Crippen LogP contribution is -2.47. The SMILES string of the molecule is Cc1nc(CCCNC(=O)[C@@H]2CCCN(C(N)=O)C2)sc1C. The fraction of sp³-hybridized carbons (Fsp3) is 0.667. The van der Waals surface area contributed by atoms with Gasteiger partial charge in [0.15, 0.2) is 0 Å². The maximum atomic E-state index is 12.1. The number of hydrogen-bond donors (Lipinski definition) is 2. The predicted molar refractivity (Wildman–Crippen MR) is 86.8 cm³/mol. The number of aromatic nitrogens is 1. The van der Waals surface area contributed by atoms with E-state index in [2.05, 4.69) is 17.2 Å². The Hall–Kier alpha value is -1.63. The summed E-state index contributed by atoms with van der Waals surface area (Å²) in [5.74, 6) is -0.108. The summed E-state index contributed by atoms with van der Waals surface area (Å²) >= 11 is 1.72. The lowest BCUT2D eigenvalue weighted by Gasteiger charge is -2.30. The van der Waals surface area contributed by atoms with E-state index in [1.165, 1.54) is 4.88 Å². The minimum absolute atomic E-state index is 0.0254. The lowest BCUT2D eigenvalue weighted by atomic mass is 9.97. The summed E-state index contributed by atoms with van der Waals surface area (Å²) in [6.45, 7) is 5.83. The number of thiazole rings is 1. The number of hydrogen-bond acceptors (Lipinski definition) is 4. The second kappa shape index (κ2) is 7.58. The van der Waals surface area contributed by atoms with Gasteiger partial charge in [-0.15, -0.1) is 11.3 Å². The van der Waals surface area contributed by atoms with Gasteiger partial charge in [-0.05, 0) is 33.1 Å². The molecule has 0 aliphatic carbocycles. The Kier molecular flexibility index (Phi) is 5.76. The molecule has 1 fully saturated rings. The van der Waals surface area contributed by atoms with E-state index in [0.717, 1.165) is 36.4 Å². The highest BCUT2D eigenvalue weighted by Gasteiger charge is 2.27. The molecule has 1 aromatic rings. The number of nitrogens with one attached hydrogen (secondary N) is 1. The van der Waals surface area contributed by atoms with Crippen molar-refractivity contribution in [2.45, 2.75) is 39.5 Å². The van der Waals surface area contributed by atoms with Crippen LogP contribution in [0.1, 0.15) is 34.8 Å². The first-order valence-electron chi connectivity index (χ1n) is 7.72. The maximum Gasteiger partial charge on any atom is 0.314 e. The van der Waals surface area contributed by atoms with Gasteiger partial charge in [-0.1, -0.05) is 0 Å². The molecule has 0 spiro atoms. The molecule has 3 N–H and O–H groups in total. The normalized spacial score (nSPS) is 18.3. The van der Waals surface area contributed by atoms with Gasteiger partial charge in [0, 0.05) is 30.9 Å². The predicted octanol–water partition coefficient (Wildman–Crippen LogP) is 1.60. The van der Waals surface area contributed by atoms with Crippen molar-refractivity contribution in [1.82, 2.24) is 15.2 Å². The largest absolute Gasteiger partial charge is 0.356 e. The van der Waals surface area contributed by atoms with Crippen molar-refractivity contribution in [2.75, 3.05) is 19.6 Å². The van der Waals surface area contributed by atoms with Gasteiger partial charge in [0.1, 0.15) is 0 Å². The first-order valence-corrected chi connectivity index (χ1v) is 8.54. The van der Waals surface area contributed by atoms with Gasteiger partial charge < -0.3 is 16.0 Å². The summed E-state index contributed by atoms with van der Waals surface area (Å²) in [6.07, 6.45) is 3.42. The van der Waals surface area contributed by atoms with Gasteiger partial charge in [0.25, 0.3) is 0 Å². The van der Waals surface area contributed by atoms with Crippen LogP contribution in [0.25, 0.3) is 0 Å². The van der Waals surface area contributed by atoms with Gasteiger partial charge in [0.2, 0.25) is 5.91 Å². The molecule has 6 nitrogen and oxygen atoms in total. The van der Waals surface area contributed by atoms with Crippen molar-refractivity contribution in [3.63, 3.8) is 0 Å². The molecule has 0 bridgehead atoms. The molecule has 2 heterocycles. The molecule has 0 saturated carbocycles.